The largest absolute Gasteiger partial charge is 0.381 e. The van der Waals surface area contributed by atoms with Crippen LogP contribution in [0.4, 0.5) is 4.39 Å². The molecule has 19 heavy (non-hydrogen) atoms. The van der Waals surface area contributed by atoms with E-state index in [9.17, 15) is 12.8 Å². The van der Waals surface area contributed by atoms with Crippen molar-refractivity contribution in [2.24, 2.45) is 5.92 Å². The van der Waals surface area contributed by atoms with Crippen LogP contribution in [0.2, 0.25) is 0 Å². The van der Waals surface area contributed by atoms with Crippen molar-refractivity contribution in [2.75, 3.05) is 13.2 Å². The molecule has 0 amide bonds. The molecule has 0 aromatic heterocycles. The Kier molecular flexibility index (Phi) is 4.60. The average molecular weight is 352 g/mol. The van der Waals surface area contributed by atoms with Crippen molar-refractivity contribution in [3.8, 4) is 0 Å². The summed E-state index contributed by atoms with van der Waals surface area (Å²) in [6.07, 6.45) is 0.842. The molecule has 2 rings (SSSR count). The third-order valence-corrected chi connectivity index (χ3v) is 5.73. The van der Waals surface area contributed by atoms with Gasteiger partial charge >= 0.3 is 0 Å². The lowest BCUT2D eigenvalue weighted by molar-refractivity contribution is 0.180. The first-order valence-corrected chi connectivity index (χ1v) is 8.23. The first kappa shape index (κ1) is 14.9. The van der Waals surface area contributed by atoms with Crippen LogP contribution in [0.5, 0.6) is 0 Å². The lowest BCUT2D eigenvalue weighted by Gasteiger charge is -2.19. The van der Waals surface area contributed by atoms with E-state index in [2.05, 4.69) is 20.7 Å². The Hall–Kier alpha value is -0.500. The SMILES string of the molecule is CC(NS(=O)(=O)c1ccc(F)cc1Br)C1CCOC1. The third kappa shape index (κ3) is 3.53. The molecule has 2 atom stereocenters. The summed E-state index contributed by atoms with van der Waals surface area (Å²) in [5.74, 6) is -0.308. The number of hydrogen-bond donors (Lipinski definition) is 1. The monoisotopic (exact) mass is 351 g/mol. The molecule has 0 radical (unpaired) electrons. The van der Waals surface area contributed by atoms with Crippen molar-refractivity contribution in [1.29, 1.82) is 0 Å². The molecule has 1 aromatic rings. The van der Waals surface area contributed by atoms with E-state index >= 15 is 0 Å². The lowest BCUT2D eigenvalue weighted by atomic mass is 10.0. The van der Waals surface area contributed by atoms with E-state index in [1.54, 1.807) is 0 Å². The van der Waals surface area contributed by atoms with Gasteiger partial charge in [0.05, 0.1) is 11.5 Å². The second kappa shape index (κ2) is 5.87. The van der Waals surface area contributed by atoms with E-state index in [0.29, 0.717) is 13.2 Å². The summed E-state index contributed by atoms with van der Waals surface area (Å²) in [4.78, 5) is 0.0414. The second-order valence-electron chi connectivity index (χ2n) is 4.61. The van der Waals surface area contributed by atoms with Crippen LogP contribution in [-0.4, -0.2) is 27.7 Å². The Balaban J connectivity index is 2.17. The quantitative estimate of drug-likeness (QED) is 0.905. The number of hydrogen-bond acceptors (Lipinski definition) is 3. The molecular formula is C12H15BrFNO3S. The fourth-order valence-corrected chi connectivity index (χ4v) is 4.41. The van der Waals surface area contributed by atoms with Gasteiger partial charge in [-0.2, -0.15) is 0 Å². The zero-order valence-corrected chi connectivity index (χ0v) is 12.8. The summed E-state index contributed by atoms with van der Waals surface area (Å²) in [6, 6.07) is 3.30. The van der Waals surface area contributed by atoms with Gasteiger partial charge in [-0.05, 0) is 47.5 Å². The third-order valence-electron chi connectivity index (χ3n) is 3.20. The van der Waals surface area contributed by atoms with Crippen LogP contribution in [0.1, 0.15) is 13.3 Å². The Bertz CT molecular complexity index is 558. The molecule has 1 aliphatic heterocycles. The molecule has 1 aliphatic rings. The standard InChI is InChI=1S/C12H15BrFNO3S/c1-8(9-4-5-18-7-9)15-19(16,17)12-3-2-10(14)6-11(12)13/h2-3,6,8-9,15H,4-5,7H2,1H3. The Labute approximate surface area is 120 Å². The smallest absolute Gasteiger partial charge is 0.241 e. The molecule has 4 nitrogen and oxygen atoms in total. The number of sulfonamides is 1. The van der Waals surface area contributed by atoms with E-state index in [1.165, 1.54) is 6.07 Å². The molecule has 2 unspecified atom stereocenters. The van der Waals surface area contributed by atoms with Crippen LogP contribution in [0.25, 0.3) is 0 Å². The molecule has 1 heterocycles. The summed E-state index contributed by atoms with van der Waals surface area (Å²) in [5.41, 5.74) is 0. The van der Waals surface area contributed by atoms with Crippen molar-refractivity contribution < 1.29 is 17.5 Å². The first-order chi connectivity index (χ1) is 8.90. The van der Waals surface area contributed by atoms with Crippen LogP contribution in [0.15, 0.2) is 27.6 Å². The van der Waals surface area contributed by atoms with Gasteiger partial charge in [-0.3, -0.25) is 0 Å². The Morgan fingerprint density at radius 2 is 2.26 bits per heavy atom. The van der Waals surface area contributed by atoms with E-state index in [0.717, 1.165) is 18.6 Å². The van der Waals surface area contributed by atoms with Crippen LogP contribution >= 0.6 is 15.9 Å². The van der Waals surface area contributed by atoms with Gasteiger partial charge in [0, 0.05) is 23.0 Å². The Morgan fingerprint density at radius 3 is 2.84 bits per heavy atom. The molecule has 1 N–H and O–H groups in total. The molecule has 0 bridgehead atoms. The van der Waals surface area contributed by atoms with Gasteiger partial charge in [-0.15, -0.1) is 0 Å². The number of ether oxygens (including phenoxy) is 1. The number of halogens is 2. The maximum atomic E-state index is 13.0. The van der Waals surface area contributed by atoms with E-state index in [4.69, 9.17) is 4.74 Å². The summed E-state index contributed by atoms with van der Waals surface area (Å²) in [5, 5.41) is 0. The van der Waals surface area contributed by atoms with Gasteiger partial charge in [0.25, 0.3) is 0 Å². The van der Waals surface area contributed by atoms with Gasteiger partial charge in [0.2, 0.25) is 10.0 Å². The molecule has 0 aliphatic carbocycles. The lowest BCUT2D eigenvalue weighted by Crippen LogP contribution is -2.38. The first-order valence-electron chi connectivity index (χ1n) is 5.95. The highest BCUT2D eigenvalue weighted by Crippen LogP contribution is 2.24. The fourth-order valence-electron chi connectivity index (χ4n) is 2.04. The highest BCUT2D eigenvalue weighted by atomic mass is 79.9. The van der Waals surface area contributed by atoms with Crippen molar-refractivity contribution in [1.82, 2.24) is 4.72 Å². The van der Waals surface area contributed by atoms with E-state index < -0.39 is 15.8 Å². The average Bonchev–Trinajstić information content (AvgIpc) is 2.80. The molecule has 7 heteroatoms. The molecule has 106 valence electrons. The van der Waals surface area contributed by atoms with Crippen molar-refractivity contribution in [3.05, 3.63) is 28.5 Å². The summed E-state index contributed by atoms with van der Waals surface area (Å²) in [7, 11) is -3.66. The van der Waals surface area contributed by atoms with E-state index in [1.807, 2.05) is 6.92 Å². The maximum Gasteiger partial charge on any atom is 0.241 e. The second-order valence-corrected chi connectivity index (χ2v) is 7.15. The van der Waals surface area contributed by atoms with Gasteiger partial charge in [0.1, 0.15) is 5.82 Å². The highest BCUT2D eigenvalue weighted by molar-refractivity contribution is 9.10. The minimum Gasteiger partial charge on any atom is -0.381 e. The fraction of sp³-hybridized carbons (Fsp3) is 0.500. The predicted octanol–water partition coefficient (Wildman–Crippen LogP) is 2.29. The summed E-state index contributed by atoms with van der Waals surface area (Å²) >= 11 is 3.07. The Morgan fingerprint density at radius 1 is 1.53 bits per heavy atom. The molecule has 1 aromatic carbocycles. The number of benzene rings is 1. The topological polar surface area (TPSA) is 55.4 Å². The van der Waals surface area contributed by atoms with Crippen molar-refractivity contribution in [2.45, 2.75) is 24.3 Å². The number of nitrogens with one attached hydrogen (secondary N) is 1. The van der Waals surface area contributed by atoms with Gasteiger partial charge in [-0.1, -0.05) is 0 Å². The van der Waals surface area contributed by atoms with E-state index in [-0.39, 0.29) is 21.3 Å². The van der Waals surface area contributed by atoms with Crippen molar-refractivity contribution in [3.63, 3.8) is 0 Å². The summed E-state index contributed by atoms with van der Waals surface area (Å²) in [6.45, 7) is 3.04. The zero-order chi connectivity index (χ0) is 14.0. The van der Waals surface area contributed by atoms with Crippen LogP contribution < -0.4 is 4.72 Å². The van der Waals surface area contributed by atoms with Gasteiger partial charge in [0.15, 0.2) is 0 Å². The minimum atomic E-state index is -3.66. The van der Waals surface area contributed by atoms with Crippen LogP contribution in [-0.2, 0) is 14.8 Å². The maximum absolute atomic E-state index is 13.0. The van der Waals surface area contributed by atoms with Gasteiger partial charge in [-0.25, -0.2) is 17.5 Å². The van der Waals surface area contributed by atoms with Crippen molar-refractivity contribution >= 4 is 26.0 Å². The van der Waals surface area contributed by atoms with Gasteiger partial charge < -0.3 is 4.74 Å². The predicted molar refractivity (Wildman–Crippen MR) is 72.8 cm³/mol. The minimum absolute atomic E-state index is 0.0414. The molecule has 0 saturated carbocycles. The number of rotatable bonds is 4. The molecule has 1 saturated heterocycles. The van der Waals surface area contributed by atoms with Crippen LogP contribution in [0, 0.1) is 11.7 Å². The summed E-state index contributed by atoms with van der Waals surface area (Å²) < 4.78 is 45.5. The molecule has 1 fully saturated rings. The zero-order valence-electron chi connectivity index (χ0n) is 10.4. The van der Waals surface area contributed by atoms with Crippen LogP contribution in [0.3, 0.4) is 0 Å². The normalized spacial score (nSPS) is 21.5. The molecule has 0 spiro atoms. The molecular weight excluding hydrogens is 337 g/mol. The highest BCUT2D eigenvalue weighted by Gasteiger charge is 2.27.